The minimum absolute atomic E-state index is 0.00982. The van der Waals surface area contributed by atoms with E-state index < -0.39 is 0 Å². The Bertz CT molecular complexity index is 543. The minimum atomic E-state index is -0.0747. The summed E-state index contributed by atoms with van der Waals surface area (Å²) in [6, 6.07) is 0. The van der Waals surface area contributed by atoms with Gasteiger partial charge in [-0.05, 0) is 46.1 Å². The van der Waals surface area contributed by atoms with Gasteiger partial charge in [-0.15, -0.1) is 0 Å². The quantitative estimate of drug-likeness (QED) is 0.366. The first-order chi connectivity index (χ1) is 11.1. The highest BCUT2D eigenvalue weighted by Crippen LogP contribution is 2.62. The molecule has 1 saturated carbocycles. The zero-order chi connectivity index (χ0) is 16.2. The molecule has 6 atom stereocenters. The normalized spacial score (nSPS) is 44.5. The van der Waals surface area contributed by atoms with E-state index in [0.717, 1.165) is 38.8 Å². The number of allylic oxidation sites excluding steroid dienone is 1. The maximum absolute atomic E-state index is 12.5. The number of hydrogen-bond acceptors (Lipinski definition) is 4. The number of esters is 1. The Kier molecular flexibility index (Phi) is 3.80. The smallest absolute Gasteiger partial charge is 0.310 e. The zero-order valence-electron chi connectivity index (χ0n) is 14.6. The molecule has 0 aromatic rings. The average Bonchev–Trinajstić information content (AvgIpc) is 2.99. The third kappa shape index (κ3) is 2.37. The van der Waals surface area contributed by atoms with Crippen LogP contribution in [-0.4, -0.2) is 36.9 Å². The third-order valence-electron chi connectivity index (χ3n) is 6.67. The molecule has 128 valence electrons. The van der Waals surface area contributed by atoms with Gasteiger partial charge in [-0.2, -0.15) is 0 Å². The van der Waals surface area contributed by atoms with Crippen LogP contribution in [0.3, 0.4) is 0 Å². The molecular formula is C19H29NO3. The van der Waals surface area contributed by atoms with Gasteiger partial charge < -0.3 is 14.8 Å². The van der Waals surface area contributed by atoms with Gasteiger partial charge in [-0.3, -0.25) is 4.79 Å². The fourth-order valence-electron chi connectivity index (χ4n) is 5.16. The molecule has 2 heterocycles. The van der Waals surface area contributed by atoms with Crippen molar-refractivity contribution in [2.75, 3.05) is 13.1 Å². The molecule has 3 fully saturated rings. The topological polar surface area (TPSA) is 50.9 Å². The van der Waals surface area contributed by atoms with Crippen molar-refractivity contribution in [3.8, 4) is 0 Å². The zero-order valence-corrected chi connectivity index (χ0v) is 14.6. The monoisotopic (exact) mass is 319 g/mol. The second-order valence-corrected chi connectivity index (χ2v) is 8.05. The SMILES string of the molecule is CCCCNC[C@@H]1C(=O)O[C@H]2[C@H]1CCC(C)=C1C[C@H]3O[C@@]3(C)[C@@H]12. The van der Waals surface area contributed by atoms with Crippen molar-refractivity contribution < 1.29 is 14.3 Å². The average molecular weight is 319 g/mol. The van der Waals surface area contributed by atoms with Crippen molar-refractivity contribution in [1.82, 2.24) is 5.32 Å². The highest BCUT2D eigenvalue weighted by atomic mass is 16.6. The highest BCUT2D eigenvalue weighted by molar-refractivity contribution is 5.76. The Labute approximate surface area is 139 Å². The van der Waals surface area contributed by atoms with E-state index >= 15 is 0 Å². The Morgan fingerprint density at radius 1 is 1.39 bits per heavy atom. The van der Waals surface area contributed by atoms with Crippen LogP contribution in [0.2, 0.25) is 0 Å². The van der Waals surface area contributed by atoms with Crippen LogP contribution < -0.4 is 5.32 Å². The summed E-state index contributed by atoms with van der Waals surface area (Å²) in [7, 11) is 0. The molecule has 0 spiro atoms. The van der Waals surface area contributed by atoms with Gasteiger partial charge in [0.2, 0.25) is 0 Å². The van der Waals surface area contributed by atoms with Crippen LogP contribution in [0.15, 0.2) is 11.1 Å². The van der Waals surface area contributed by atoms with Crippen LogP contribution in [-0.2, 0) is 14.3 Å². The molecule has 2 aliphatic heterocycles. The van der Waals surface area contributed by atoms with Crippen LogP contribution in [0.25, 0.3) is 0 Å². The van der Waals surface area contributed by atoms with Gasteiger partial charge in [0.1, 0.15) is 11.7 Å². The lowest BCUT2D eigenvalue weighted by atomic mass is 9.78. The van der Waals surface area contributed by atoms with Gasteiger partial charge in [0.25, 0.3) is 0 Å². The van der Waals surface area contributed by atoms with Gasteiger partial charge in [-0.1, -0.05) is 24.5 Å². The number of ether oxygens (including phenoxy) is 2. The summed E-state index contributed by atoms with van der Waals surface area (Å²) in [5.74, 6) is 0.666. The molecule has 2 aliphatic carbocycles. The Morgan fingerprint density at radius 3 is 3.00 bits per heavy atom. The standard InChI is InChI=1S/C19H29NO3/c1-4-5-8-20-10-14-12-7-6-11(2)13-9-15-19(3,23-15)16(13)17(12)22-18(14)21/h12,14-17,20H,4-10H2,1-3H3/t12-,14-,15+,16-,17-,19+/m0/s1. The summed E-state index contributed by atoms with van der Waals surface area (Å²) in [4.78, 5) is 12.5. The molecule has 4 nitrogen and oxygen atoms in total. The van der Waals surface area contributed by atoms with Crippen LogP contribution in [0.5, 0.6) is 0 Å². The van der Waals surface area contributed by atoms with E-state index in [9.17, 15) is 4.79 Å². The van der Waals surface area contributed by atoms with Crippen molar-refractivity contribution in [3.05, 3.63) is 11.1 Å². The van der Waals surface area contributed by atoms with E-state index in [2.05, 4.69) is 26.1 Å². The van der Waals surface area contributed by atoms with Gasteiger partial charge >= 0.3 is 5.97 Å². The molecule has 1 N–H and O–H groups in total. The fraction of sp³-hybridized carbons (Fsp3) is 0.842. The maximum Gasteiger partial charge on any atom is 0.310 e. The molecule has 0 aromatic carbocycles. The van der Waals surface area contributed by atoms with E-state index in [1.54, 1.807) is 0 Å². The summed E-state index contributed by atoms with van der Waals surface area (Å²) in [6.07, 6.45) is 5.97. The number of nitrogens with one attached hydrogen (secondary N) is 1. The second kappa shape index (κ2) is 5.59. The van der Waals surface area contributed by atoms with Crippen molar-refractivity contribution in [2.24, 2.45) is 17.8 Å². The molecular weight excluding hydrogens is 290 g/mol. The molecule has 0 amide bonds. The molecule has 23 heavy (non-hydrogen) atoms. The highest BCUT2D eigenvalue weighted by Gasteiger charge is 2.69. The molecule has 4 rings (SSSR count). The van der Waals surface area contributed by atoms with E-state index in [1.807, 2.05) is 0 Å². The van der Waals surface area contributed by atoms with E-state index in [-0.39, 0.29) is 23.6 Å². The first kappa shape index (κ1) is 15.6. The lowest BCUT2D eigenvalue weighted by molar-refractivity contribution is -0.146. The Morgan fingerprint density at radius 2 is 2.22 bits per heavy atom. The second-order valence-electron chi connectivity index (χ2n) is 8.05. The lowest BCUT2D eigenvalue weighted by Gasteiger charge is -2.28. The first-order valence-electron chi connectivity index (χ1n) is 9.33. The fourth-order valence-corrected chi connectivity index (χ4v) is 5.16. The number of hydrogen-bond donors (Lipinski definition) is 1. The molecule has 4 heteroatoms. The summed E-state index contributed by atoms with van der Waals surface area (Å²) < 4.78 is 11.9. The predicted octanol–water partition coefficient (Wildman–Crippen LogP) is 2.82. The lowest BCUT2D eigenvalue weighted by Crippen LogP contribution is -2.37. The number of carbonyl (C=O) groups excluding carboxylic acids is 1. The van der Waals surface area contributed by atoms with E-state index in [0.29, 0.717) is 17.9 Å². The molecule has 4 aliphatic rings. The van der Waals surface area contributed by atoms with Crippen molar-refractivity contribution >= 4 is 5.97 Å². The molecule has 0 radical (unpaired) electrons. The number of fused-ring (bicyclic) bond motifs is 5. The van der Waals surface area contributed by atoms with Crippen LogP contribution >= 0.6 is 0 Å². The van der Waals surface area contributed by atoms with E-state index in [4.69, 9.17) is 9.47 Å². The van der Waals surface area contributed by atoms with Crippen molar-refractivity contribution in [3.63, 3.8) is 0 Å². The molecule has 0 unspecified atom stereocenters. The number of rotatable bonds is 5. The van der Waals surface area contributed by atoms with Gasteiger partial charge in [0.15, 0.2) is 0 Å². The number of carbonyl (C=O) groups is 1. The summed E-state index contributed by atoms with van der Waals surface area (Å²) in [5.41, 5.74) is 2.98. The molecule has 0 bridgehead atoms. The van der Waals surface area contributed by atoms with E-state index in [1.165, 1.54) is 17.6 Å². The molecule has 0 aromatic heterocycles. The number of epoxide rings is 1. The summed E-state index contributed by atoms with van der Waals surface area (Å²) in [5, 5.41) is 3.47. The summed E-state index contributed by atoms with van der Waals surface area (Å²) >= 11 is 0. The maximum atomic E-state index is 12.5. The van der Waals surface area contributed by atoms with Crippen molar-refractivity contribution in [2.45, 2.75) is 70.7 Å². The van der Waals surface area contributed by atoms with Gasteiger partial charge in [0, 0.05) is 18.4 Å². The Balaban J connectivity index is 1.53. The van der Waals surface area contributed by atoms with Crippen LogP contribution in [0, 0.1) is 17.8 Å². The minimum Gasteiger partial charge on any atom is -0.461 e. The predicted molar refractivity (Wildman–Crippen MR) is 88.0 cm³/mol. The van der Waals surface area contributed by atoms with Crippen molar-refractivity contribution in [1.29, 1.82) is 0 Å². The summed E-state index contributed by atoms with van der Waals surface area (Å²) in [6.45, 7) is 8.43. The Hall–Kier alpha value is -0.870. The first-order valence-corrected chi connectivity index (χ1v) is 9.33. The number of unbranched alkanes of at least 4 members (excludes halogenated alkanes) is 1. The van der Waals surface area contributed by atoms with Crippen LogP contribution in [0.1, 0.15) is 52.9 Å². The van der Waals surface area contributed by atoms with Gasteiger partial charge in [-0.25, -0.2) is 0 Å². The third-order valence-corrected chi connectivity index (χ3v) is 6.67. The van der Waals surface area contributed by atoms with Gasteiger partial charge in [0.05, 0.1) is 12.0 Å². The molecule has 2 saturated heterocycles. The largest absolute Gasteiger partial charge is 0.461 e. The van der Waals surface area contributed by atoms with Crippen LogP contribution in [0.4, 0.5) is 0 Å².